The molecule has 2 N–H and O–H groups in total. The quantitative estimate of drug-likeness (QED) is 0.246. The van der Waals surface area contributed by atoms with E-state index in [1.807, 2.05) is 7.05 Å². The van der Waals surface area contributed by atoms with Crippen molar-refractivity contribution in [2.45, 2.75) is 103 Å². The van der Waals surface area contributed by atoms with E-state index >= 15 is 0 Å². The lowest BCUT2D eigenvalue weighted by molar-refractivity contribution is -0.0265. The minimum absolute atomic E-state index is 0.132. The van der Waals surface area contributed by atoms with Crippen molar-refractivity contribution in [3.05, 3.63) is 17.8 Å². The molecule has 9 heteroatoms. The molecule has 0 atom stereocenters. The number of ether oxygens (including phenoxy) is 1. The number of carbonyl (C=O) groups is 1. The monoisotopic (exact) mass is 556 g/mol. The van der Waals surface area contributed by atoms with Gasteiger partial charge in [-0.2, -0.15) is 0 Å². The molecule has 0 radical (unpaired) electrons. The molecule has 2 aliphatic rings. The van der Waals surface area contributed by atoms with Crippen LogP contribution in [0.25, 0.3) is 0 Å². The van der Waals surface area contributed by atoms with Crippen LogP contribution in [-0.4, -0.2) is 79.8 Å². The van der Waals surface area contributed by atoms with E-state index in [0.717, 1.165) is 12.8 Å². The molecule has 0 amide bonds. The van der Waals surface area contributed by atoms with Crippen LogP contribution in [0.3, 0.4) is 0 Å². The van der Waals surface area contributed by atoms with E-state index in [4.69, 9.17) is 9.84 Å². The highest BCUT2D eigenvalue weighted by Crippen LogP contribution is 2.37. The highest BCUT2D eigenvalue weighted by atomic mass is 19.3. The van der Waals surface area contributed by atoms with Gasteiger partial charge in [-0.3, -0.25) is 0 Å². The fraction of sp³-hybridized carbons (Fsp3) is 0.800. The lowest BCUT2D eigenvalue weighted by atomic mass is 10.1. The number of hydrogen-bond donors (Lipinski definition) is 2. The normalized spacial score (nSPS) is 16.0. The van der Waals surface area contributed by atoms with Crippen LogP contribution >= 0.6 is 0 Å². The largest absolute Gasteiger partial charge is 0.477 e. The number of nitrogens with zero attached hydrogens (tertiary/aromatic N) is 3. The fourth-order valence-corrected chi connectivity index (χ4v) is 3.62. The molecule has 39 heavy (non-hydrogen) atoms. The zero-order valence-electron chi connectivity index (χ0n) is 25.5. The van der Waals surface area contributed by atoms with Crippen LogP contribution in [0.5, 0.6) is 5.88 Å². The molecule has 1 aliphatic carbocycles. The minimum Gasteiger partial charge on any atom is -0.477 e. The number of aromatic carboxylic acids is 1. The molecule has 0 spiro atoms. The number of nitrogens with one attached hydrogen (secondary N) is 1. The van der Waals surface area contributed by atoms with Crippen molar-refractivity contribution in [3.8, 4) is 5.88 Å². The van der Waals surface area contributed by atoms with Crippen molar-refractivity contribution in [2.24, 2.45) is 5.92 Å². The summed E-state index contributed by atoms with van der Waals surface area (Å²) in [6.07, 6.45) is 13.5. The van der Waals surface area contributed by atoms with Gasteiger partial charge in [0.2, 0.25) is 5.88 Å². The van der Waals surface area contributed by atoms with Crippen LogP contribution in [0.2, 0.25) is 0 Å². The topological polar surface area (TPSA) is 77.9 Å². The number of pyridine rings is 1. The Morgan fingerprint density at radius 1 is 1.10 bits per heavy atom. The Balaban J connectivity index is 0.000000345. The van der Waals surface area contributed by atoms with Gasteiger partial charge in [0, 0.05) is 5.54 Å². The Hall–Kier alpha value is -2.00. The third-order valence-electron chi connectivity index (χ3n) is 6.61. The van der Waals surface area contributed by atoms with Gasteiger partial charge in [-0.15, -0.1) is 0 Å². The number of anilines is 1. The molecule has 2 heterocycles. The summed E-state index contributed by atoms with van der Waals surface area (Å²) in [4.78, 5) is 18.6. The molecule has 2 fully saturated rings. The van der Waals surface area contributed by atoms with Gasteiger partial charge in [0.25, 0.3) is 5.92 Å². The lowest BCUT2D eigenvalue weighted by Crippen LogP contribution is -2.56. The molecular weight excluding hydrogens is 502 g/mol. The van der Waals surface area contributed by atoms with Crippen molar-refractivity contribution in [3.63, 3.8) is 0 Å². The van der Waals surface area contributed by atoms with Crippen molar-refractivity contribution in [1.29, 1.82) is 0 Å². The Kier molecular flexibility index (Phi) is 15.8. The van der Waals surface area contributed by atoms with E-state index in [9.17, 15) is 13.6 Å². The second-order valence-corrected chi connectivity index (χ2v) is 12.1. The molecule has 1 saturated carbocycles. The average Bonchev–Trinajstić information content (AvgIpc) is 3.67. The molecule has 0 bridgehead atoms. The SMILES string of the molecule is CCCCCCCCCCN(C)C.CNC(C)(C)C.O=C(O)c1ccc(N2CC(F)(F)C2)c(OCC2CC2)n1. The van der Waals surface area contributed by atoms with E-state index in [1.54, 1.807) is 0 Å². The van der Waals surface area contributed by atoms with Crippen LogP contribution in [0.4, 0.5) is 14.5 Å². The highest BCUT2D eigenvalue weighted by Gasteiger charge is 2.45. The first kappa shape index (κ1) is 35.0. The first-order chi connectivity index (χ1) is 18.3. The number of alkyl halides is 2. The summed E-state index contributed by atoms with van der Waals surface area (Å²) in [5, 5.41) is 12.0. The van der Waals surface area contributed by atoms with E-state index in [-0.39, 0.29) is 24.7 Å². The van der Waals surface area contributed by atoms with Gasteiger partial charge in [0.05, 0.1) is 19.7 Å². The molecule has 7 nitrogen and oxygen atoms in total. The van der Waals surface area contributed by atoms with Crippen LogP contribution in [0.1, 0.15) is 102 Å². The Bertz CT molecular complexity index is 819. The number of rotatable bonds is 14. The zero-order valence-corrected chi connectivity index (χ0v) is 25.5. The summed E-state index contributed by atoms with van der Waals surface area (Å²) in [5.74, 6) is -3.26. The Morgan fingerprint density at radius 2 is 1.64 bits per heavy atom. The predicted molar refractivity (Wildman–Crippen MR) is 157 cm³/mol. The standard InChI is InChI=1S/C13H14F2N2O3.C12H27N.C5H13N/c14-13(15)6-17(7-13)10-4-3-9(12(18)19)16-11(10)20-5-8-1-2-8;1-4-5-6-7-8-9-10-11-12-13(2)3;1-5(2,3)6-4/h3-4,8H,1-2,5-7H2,(H,18,19);4-12H2,1-3H3;6H,1-4H3. The maximum absolute atomic E-state index is 12.9. The zero-order chi connectivity index (χ0) is 29.5. The van der Waals surface area contributed by atoms with Gasteiger partial charge in [-0.25, -0.2) is 18.6 Å². The van der Waals surface area contributed by atoms with Crippen molar-refractivity contribution >= 4 is 11.7 Å². The Morgan fingerprint density at radius 3 is 2.08 bits per heavy atom. The van der Waals surface area contributed by atoms with Gasteiger partial charge in [0.15, 0.2) is 5.69 Å². The van der Waals surface area contributed by atoms with Gasteiger partial charge in [-0.1, -0.05) is 51.9 Å². The van der Waals surface area contributed by atoms with Crippen LogP contribution in [0, 0.1) is 5.92 Å². The first-order valence-electron chi connectivity index (χ1n) is 14.6. The van der Waals surface area contributed by atoms with E-state index in [0.29, 0.717) is 23.8 Å². The molecule has 1 aromatic rings. The third kappa shape index (κ3) is 16.6. The highest BCUT2D eigenvalue weighted by molar-refractivity contribution is 5.86. The van der Waals surface area contributed by atoms with Crippen LogP contribution in [-0.2, 0) is 0 Å². The van der Waals surface area contributed by atoms with Crippen LogP contribution < -0.4 is 15.0 Å². The number of aromatic nitrogens is 1. The van der Waals surface area contributed by atoms with E-state index in [2.05, 4.69) is 57.0 Å². The second-order valence-electron chi connectivity index (χ2n) is 12.1. The summed E-state index contributed by atoms with van der Waals surface area (Å²) in [6.45, 7) is 9.61. The number of halogens is 2. The summed E-state index contributed by atoms with van der Waals surface area (Å²) in [5.41, 5.74) is 0.577. The number of carboxylic acid groups (broad SMARTS) is 1. The molecule has 0 aromatic carbocycles. The molecule has 1 aliphatic heterocycles. The number of hydrogen-bond acceptors (Lipinski definition) is 6. The van der Waals surface area contributed by atoms with E-state index in [1.165, 1.54) is 74.9 Å². The van der Waals surface area contributed by atoms with Crippen molar-refractivity contribution in [2.75, 3.05) is 52.3 Å². The fourth-order valence-electron chi connectivity index (χ4n) is 3.62. The molecule has 3 rings (SSSR count). The predicted octanol–water partition coefficient (Wildman–Crippen LogP) is 6.72. The maximum Gasteiger partial charge on any atom is 0.354 e. The summed E-state index contributed by atoms with van der Waals surface area (Å²) in [7, 11) is 6.27. The van der Waals surface area contributed by atoms with Gasteiger partial charge < -0.3 is 25.0 Å². The smallest absolute Gasteiger partial charge is 0.354 e. The lowest BCUT2D eigenvalue weighted by Gasteiger charge is -2.40. The van der Waals surface area contributed by atoms with Gasteiger partial charge in [-0.05, 0) is 85.8 Å². The summed E-state index contributed by atoms with van der Waals surface area (Å²) in [6, 6.07) is 2.78. The average molecular weight is 557 g/mol. The summed E-state index contributed by atoms with van der Waals surface area (Å²) < 4.78 is 31.4. The molecule has 1 saturated heterocycles. The third-order valence-corrected chi connectivity index (χ3v) is 6.61. The molecule has 0 unspecified atom stereocenters. The maximum atomic E-state index is 12.9. The van der Waals surface area contributed by atoms with E-state index < -0.39 is 11.9 Å². The van der Waals surface area contributed by atoms with Crippen LogP contribution in [0.15, 0.2) is 12.1 Å². The molecule has 226 valence electrons. The minimum atomic E-state index is -2.70. The number of carboxylic acids is 1. The molecular formula is C30H54F2N4O3. The van der Waals surface area contributed by atoms with Crippen molar-refractivity contribution < 1.29 is 23.4 Å². The van der Waals surface area contributed by atoms with Gasteiger partial charge in [0.1, 0.15) is 5.69 Å². The van der Waals surface area contributed by atoms with Gasteiger partial charge >= 0.3 is 5.97 Å². The Labute approximate surface area is 235 Å². The first-order valence-corrected chi connectivity index (χ1v) is 14.6. The molecule has 1 aromatic heterocycles. The van der Waals surface area contributed by atoms with Crippen molar-refractivity contribution in [1.82, 2.24) is 15.2 Å². The summed E-state index contributed by atoms with van der Waals surface area (Å²) >= 11 is 0. The second kappa shape index (κ2) is 17.6. The number of unbranched alkanes of at least 4 members (excludes halogenated alkanes) is 7.